The number of carbonyl (C=O) groups is 2. The molecule has 150 valence electrons. The Labute approximate surface area is 168 Å². The van der Waals surface area contributed by atoms with Gasteiger partial charge in [-0.3, -0.25) is 19.7 Å². The number of nitrogens with one attached hydrogen (secondary N) is 1. The van der Waals surface area contributed by atoms with E-state index in [0.717, 1.165) is 6.42 Å². The predicted octanol–water partition coefficient (Wildman–Crippen LogP) is 4.48. The number of carbonyl (C=O) groups excluding carboxylic acids is 2. The van der Waals surface area contributed by atoms with Crippen LogP contribution in [0.1, 0.15) is 36.5 Å². The van der Waals surface area contributed by atoms with E-state index in [1.165, 1.54) is 12.1 Å². The van der Waals surface area contributed by atoms with E-state index in [1.807, 2.05) is 12.2 Å². The standard InChI is InChI=1S/C22H22N2O5/c1-15-12-13-18(19(14-15)24(27)28)23-21(25)20(16-8-4-2-5-9-16)29-22(26)17-10-6-3-7-11-17/h2-6,8-9,12-14,17,20H,7,10-11H2,1H3,(H,23,25)/t17-,20-/m0/s1. The van der Waals surface area contributed by atoms with Gasteiger partial charge in [-0.05, 0) is 37.8 Å². The van der Waals surface area contributed by atoms with E-state index in [1.54, 1.807) is 43.3 Å². The molecule has 7 heteroatoms. The van der Waals surface area contributed by atoms with E-state index in [-0.39, 0.29) is 17.3 Å². The van der Waals surface area contributed by atoms with Gasteiger partial charge in [0.1, 0.15) is 5.69 Å². The van der Waals surface area contributed by atoms with Gasteiger partial charge in [-0.2, -0.15) is 0 Å². The Morgan fingerprint density at radius 1 is 1.17 bits per heavy atom. The predicted molar refractivity (Wildman–Crippen MR) is 108 cm³/mol. The van der Waals surface area contributed by atoms with E-state index >= 15 is 0 Å². The van der Waals surface area contributed by atoms with Crippen LogP contribution in [0.25, 0.3) is 0 Å². The zero-order valence-corrected chi connectivity index (χ0v) is 16.0. The number of nitro benzene ring substituents is 1. The molecular weight excluding hydrogens is 372 g/mol. The van der Waals surface area contributed by atoms with Gasteiger partial charge in [0.05, 0.1) is 10.8 Å². The Morgan fingerprint density at radius 3 is 2.59 bits per heavy atom. The normalized spacial score (nSPS) is 16.7. The van der Waals surface area contributed by atoms with Crippen LogP contribution in [0.4, 0.5) is 11.4 Å². The molecule has 0 fully saturated rings. The minimum absolute atomic E-state index is 0.0585. The van der Waals surface area contributed by atoms with Gasteiger partial charge < -0.3 is 10.1 Å². The van der Waals surface area contributed by atoms with Crippen molar-refractivity contribution >= 4 is 23.3 Å². The minimum Gasteiger partial charge on any atom is -0.447 e. The fourth-order valence-corrected chi connectivity index (χ4v) is 3.22. The lowest BCUT2D eigenvalue weighted by atomic mass is 9.94. The van der Waals surface area contributed by atoms with Gasteiger partial charge in [-0.1, -0.05) is 48.6 Å². The minimum atomic E-state index is -1.20. The van der Waals surface area contributed by atoms with E-state index < -0.39 is 22.9 Å². The van der Waals surface area contributed by atoms with Crippen LogP contribution >= 0.6 is 0 Å². The Morgan fingerprint density at radius 2 is 1.93 bits per heavy atom. The highest BCUT2D eigenvalue weighted by molar-refractivity contribution is 5.98. The summed E-state index contributed by atoms with van der Waals surface area (Å²) in [6.45, 7) is 1.73. The number of nitrogens with zero attached hydrogens (tertiary/aromatic N) is 1. The van der Waals surface area contributed by atoms with Crippen LogP contribution in [0.5, 0.6) is 0 Å². The van der Waals surface area contributed by atoms with Crippen molar-refractivity contribution in [3.05, 3.63) is 81.9 Å². The Bertz CT molecular complexity index is 939. The van der Waals surface area contributed by atoms with Gasteiger partial charge in [0, 0.05) is 11.6 Å². The second-order valence-corrected chi connectivity index (χ2v) is 6.98. The summed E-state index contributed by atoms with van der Waals surface area (Å²) in [7, 11) is 0. The molecule has 0 aliphatic heterocycles. The molecule has 1 amide bonds. The fraction of sp³-hybridized carbons (Fsp3) is 0.273. The van der Waals surface area contributed by atoms with Crippen LogP contribution in [0.3, 0.4) is 0 Å². The number of ether oxygens (including phenoxy) is 1. The summed E-state index contributed by atoms with van der Waals surface area (Å²) in [5.41, 5.74) is 1.04. The monoisotopic (exact) mass is 394 g/mol. The summed E-state index contributed by atoms with van der Waals surface area (Å²) < 4.78 is 5.58. The van der Waals surface area contributed by atoms with Crippen molar-refractivity contribution in [3.8, 4) is 0 Å². The van der Waals surface area contributed by atoms with Gasteiger partial charge >= 0.3 is 5.97 Å². The van der Waals surface area contributed by atoms with Crippen LogP contribution in [-0.2, 0) is 14.3 Å². The van der Waals surface area contributed by atoms with Crippen molar-refractivity contribution < 1.29 is 19.2 Å². The summed E-state index contributed by atoms with van der Waals surface area (Å²) in [5, 5.41) is 13.9. The molecule has 1 aliphatic carbocycles. The highest BCUT2D eigenvalue weighted by Gasteiger charge is 2.30. The maximum atomic E-state index is 13.0. The topological polar surface area (TPSA) is 98.5 Å². The molecule has 7 nitrogen and oxygen atoms in total. The summed E-state index contributed by atoms with van der Waals surface area (Å²) in [6, 6.07) is 13.2. The quantitative estimate of drug-likeness (QED) is 0.337. The molecule has 0 saturated carbocycles. The van der Waals surface area contributed by atoms with Crippen LogP contribution in [-0.4, -0.2) is 16.8 Å². The second-order valence-electron chi connectivity index (χ2n) is 6.98. The van der Waals surface area contributed by atoms with Crippen molar-refractivity contribution in [2.45, 2.75) is 32.3 Å². The largest absolute Gasteiger partial charge is 0.447 e. The van der Waals surface area contributed by atoms with Crippen molar-refractivity contribution in [1.82, 2.24) is 0 Å². The van der Waals surface area contributed by atoms with Gasteiger partial charge in [-0.25, -0.2) is 0 Å². The maximum Gasteiger partial charge on any atom is 0.310 e. The average Bonchev–Trinajstić information content (AvgIpc) is 2.74. The molecule has 1 N–H and O–H groups in total. The Balaban J connectivity index is 1.84. The van der Waals surface area contributed by atoms with Gasteiger partial charge in [-0.15, -0.1) is 0 Å². The molecule has 0 radical (unpaired) electrons. The van der Waals surface area contributed by atoms with Crippen LogP contribution < -0.4 is 5.32 Å². The van der Waals surface area contributed by atoms with Crippen LogP contribution in [0.15, 0.2) is 60.7 Å². The third-order valence-corrected chi connectivity index (χ3v) is 4.78. The molecule has 0 bridgehead atoms. The molecule has 29 heavy (non-hydrogen) atoms. The summed E-state index contributed by atoms with van der Waals surface area (Å²) in [6.07, 6.45) is 4.78. The first kappa shape index (κ1) is 20.3. The number of rotatable bonds is 6. The fourth-order valence-electron chi connectivity index (χ4n) is 3.22. The lowest BCUT2D eigenvalue weighted by molar-refractivity contribution is -0.384. The zero-order valence-electron chi connectivity index (χ0n) is 16.0. The molecule has 0 unspecified atom stereocenters. The van der Waals surface area contributed by atoms with Crippen LogP contribution in [0, 0.1) is 23.0 Å². The number of allylic oxidation sites excluding steroid dienone is 2. The number of hydrogen-bond donors (Lipinski definition) is 1. The first-order chi connectivity index (χ1) is 14.0. The van der Waals surface area contributed by atoms with E-state index in [4.69, 9.17) is 4.74 Å². The van der Waals surface area contributed by atoms with Crippen molar-refractivity contribution in [2.24, 2.45) is 5.92 Å². The second kappa shape index (κ2) is 9.14. The molecule has 3 rings (SSSR count). The van der Waals surface area contributed by atoms with Gasteiger partial charge in [0.15, 0.2) is 0 Å². The van der Waals surface area contributed by atoms with E-state index in [2.05, 4.69) is 5.32 Å². The number of anilines is 1. The maximum absolute atomic E-state index is 13.0. The third kappa shape index (κ3) is 5.07. The smallest absolute Gasteiger partial charge is 0.310 e. The Kier molecular flexibility index (Phi) is 6.39. The lowest BCUT2D eigenvalue weighted by Gasteiger charge is -2.22. The molecule has 0 spiro atoms. The molecule has 2 atom stereocenters. The highest BCUT2D eigenvalue weighted by atomic mass is 16.6. The van der Waals surface area contributed by atoms with Gasteiger partial charge in [0.25, 0.3) is 11.6 Å². The van der Waals surface area contributed by atoms with Crippen molar-refractivity contribution in [2.75, 3.05) is 5.32 Å². The van der Waals surface area contributed by atoms with E-state index in [0.29, 0.717) is 24.0 Å². The summed E-state index contributed by atoms with van der Waals surface area (Å²) in [4.78, 5) is 36.4. The SMILES string of the molecule is Cc1ccc(NC(=O)[C@@H](OC(=O)[C@H]2CC=CCC2)c2ccccc2)c([N+](=O)[O-])c1. The third-order valence-electron chi connectivity index (χ3n) is 4.78. The lowest BCUT2D eigenvalue weighted by Crippen LogP contribution is -2.29. The van der Waals surface area contributed by atoms with Gasteiger partial charge in [0.2, 0.25) is 6.10 Å². The first-order valence-electron chi connectivity index (χ1n) is 9.42. The number of hydrogen-bond acceptors (Lipinski definition) is 5. The molecule has 0 aromatic heterocycles. The number of nitro groups is 1. The van der Waals surface area contributed by atoms with Crippen molar-refractivity contribution in [1.29, 1.82) is 0 Å². The molecule has 2 aromatic rings. The highest BCUT2D eigenvalue weighted by Crippen LogP contribution is 2.29. The average molecular weight is 394 g/mol. The number of aryl methyl sites for hydroxylation is 1. The summed E-state index contributed by atoms with van der Waals surface area (Å²) in [5.74, 6) is -1.38. The van der Waals surface area contributed by atoms with E-state index in [9.17, 15) is 19.7 Å². The number of esters is 1. The summed E-state index contributed by atoms with van der Waals surface area (Å²) >= 11 is 0. The number of benzene rings is 2. The van der Waals surface area contributed by atoms with Crippen LogP contribution in [0.2, 0.25) is 0 Å². The molecule has 0 saturated heterocycles. The molecular formula is C22H22N2O5. The zero-order chi connectivity index (χ0) is 20.8. The van der Waals surface area contributed by atoms with Crippen molar-refractivity contribution in [3.63, 3.8) is 0 Å². The first-order valence-corrected chi connectivity index (χ1v) is 9.42. The molecule has 1 aliphatic rings. The number of amides is 1. The Hall–Kier alpha value is -3.48. The molecule has 2 aromatic carbocycles. The molecule has 0 heterocycles.